The van der Waals surface area contributed by atoms with Crippen molar-refractivity contribution in [1.29, 1.82) is 0 Å². The Labute approximate surface area is 129 Å². The molecule has 0 aliphatic heterocycles. The van der Waals surface area contributed by atoms with Crippen LogP contribution < -0.4 is 0 Å². The minimum Gasteiger partial charge on any atom is -0.356 e. The molecule has 0 saturated heterocycles. The van der Waals surface area contributed by atoms with E-state index in [1.54, 1.807) is 7.11 Å². The van der Waals surface area contributed by atoms with Crippen LogP contribution in [0.15, 0.2) is 71.3 Å². The molecule has 112 valence electrons. The molecule has 0 aliphatic rings. The zero-order valence-corrected chi connectivity index (χ0v) is 12.5. The molecule has 3 rings (SSSR count). The van der Waals surface area contributed by atoms with E-state index in [2.05, 4.69) is 17.3 Å². The van der Waals surface area contributed by atoms with Gasteiger partial charge < -0.3 is 9.36 Å². The minimum absolute atomic E-state index is 0.571. The van der Waals surface area contributed by atoms with E-state index < -0.39 is 0 Å². The monoisotopic (exact) mass is 294 g/mol. The zero-order chi connectivity index (χ0) is 15.2. The predicted molar refractivity (Wildman–Crippen MR) is 84.6 cm³/mol. The third-order valence-corrected chi connectivity index (χ3v) is 3.42. The summed E-state index contributed by atoms with van der Waals surface area (Å²) in [6.07, 6.45) is 0. The molecule has 0 radical (unpaired) electrons. The maximum absolute atomic E-state index is 5.42. The SMILES string of the molecule is CON(Cc1ccccc1)Cc1cc(-c2ccccc2)on1. The molecule has 2 aromatic carbocycles. The van der Waals surface area contributed by atoms with Crippen molar-refractivity contribution in [2.24, 2.45) is 0 Å². The van der Waals surface area contributed by atoms with Crippen LogP contribution in [-0.2, 0) is 17.9 Å². The number of hydrogen-bond acceptors (Lipinski definition) is 4. The zero-order valence-electron chi connectivity index (χ0n) is 12.5. The topological polar surface area (TPSA) is 38.5 Å². The summed E-state index contributed by atoms with van der Waals surface area (Å²) in [4.78, 5) is 5.42. The van der Waals surface area contributed by atoms with Gasteiger partial charge in [-0.2, -0.15) is 5.06 Å². The molecule has 0 fully saturated rings. The average molecular weight is 294 g/mol. The minimum atomic E-state index is 0.571. The number of hydroxylamine groups is 2. The summed E-state index contributed by atoms with van der Waals surface area (Å²) in [5.41, 5.74) is 3.06. The quantitative estimate of drug-likeness (QED) is 0.646. The fourth-order valence-corrected chi connectivity index (χ4v) is 2.28. The van der Waals surface area contributed by atoms with Gasteiger partial charge in [0.05, 0.1) is 13.7 Å². The molecule has 0 spiro atoms. The van der Waals surface area contributed by atoms with Gasteiger partial charge in [-0.05, 0) is 5.56 Å². The fraction of sp³-hybridized carbons (Fsp3) is 0.167. The molecule has 1 heterocycles. The van der Waals surface area contributed by atoms with Gasteiger partial charge in [-0.1, -0.05) is 65.8 Å². The van der Waals surface area contributed by atoms with Crippen LogP contribution in [0.5, 0.6) is 0 Å². The van der Waals surface area contributed by atoms with Gasteiger partial charge in [0.2, 0.25) is 0 Å². The van der Waals surface area contributed by atoms with E-state index in [0.717, 1.165) is 17.0 Å². The van der Waals surface area contributed by atoms with Crippen molar-refractivity contribution >= 4 is 0 Å². The predicted octanol–water partition coefficient (Wildman–Crippen LogP) is 3.91. The van der Waals surface area contributed by atoms with Crippen LogP contribution in [0.25, 0.3) is 11.3 Å². The number of rotatable bonds is 6. The summed E-state index contributed by atoms with van der Waals surface area (Å²) >= 11 is 0. The molecule has 4 nitrogen and oxygen atoms in total. The normalized spacial score (nSPS) is 11.0. The molecule has 1 aromatic heterocycles. The van der Waals surface area contributed by atoms with Crippen molar-refractivity contribution in [3.05, 3.63) is 78.0 Å². The van der Waals surface area contributed by atoms with Crippen LogP contribution >= 0.6 is 0 Å². The first kappa shape index (κ1) is 14.5. The Balaban J connectivity index is 1.68. The van der Waals surface area contributed by atoms with E-state index in [1.165, 1.54) is 5.56 Å². The van der Waals surface area contributed by atoms with E-state index in [4.69, 9.17) is 9.36 Å². The highest BCUT2D eigenvalue weighted by Crippen LogP contribution is 2.20. The number of aromatic nitrogens is 1. The van der Waals surface area contributed by atoms with Gasteiger partial charge in [0, 0.05) is 18.2 Å². The van der Waals surface area contributed by atoms with E-state index in [9.17, 15) is 0 Å². The Bertz CT molecular complexity index is 695. The highest BCUT2D eigenvalue weighted by molar-refractivity contribution is 5.56. The van der Waals surface area contributed by atoms with Crippen LogP contribution in [0.4, 0.5) is 0 Å². The van der Waals surface area contributed by atoms with Gasteiger partial charge in [-0.3, -0.25) is 0 Å². The van der Waals surface area contributed by atoms with E-state index >= 15 is 0 Å². The summed E-state index contributed by atoms with van der Waals surface area (Å²) in [5, 5.41) is 5.97. The molecule has 0 atom stereocenters. The molecule has 3 aromatic rings. The Morgan fingerprint density at radius 1 is 0.955 bits per heavy atom. The first-order chi connectivity index (χ1) is 10.8. The highest BCUT2D eigenvalue weighted by Gasteiger charge is 2.11. The molecule has 0 N–H and O–H groups in total. The lowest BCUT2D eigenvalue weighted by Gasteiger charge is -2.18. The lowest BCUT2D eigenvalue weighted by molar-refractivity contribution is -0.147. The first-order valence-electron chi connectivity index (χ1n) is 7.19. The largest absolute Gasteiger partial charge is 0.356 e. The van der Waals surface area contributed by atoms with Gasteiger partial charge >= 0.3 is 0 Å². The van der Waals surface area contributed by atoms with Crippen molar-refractivity contribution in [2.75, 3.05) is 7.11 Å². The molecule has 0 aliphatic carbocycles. The van der Waals surface area contributed by atoms with Gasteiger partial charge in [-0.15, -0.1) is 0 Å². The van der Waals surface area contributed by atoms with Crippen molar-refractivity contribution < 1.29 is 9.36 Å². The van der Waals surface area contributed by atoms with Crippen molar-refractivity contribution in [1.82, 2.24) is 10.2 Å². The Morgan fingerprint density at radius 2 is 1.64 bits per heavy atom. The summed E-state index contributed by atoms with van der Waals surface area (Å²) < 4.78 is 5.41. The summed E-state index contributed by atoms with van der Waals surface area (Å²) in [5.74, 6) is 0.770. The molecule has 0 bridgehead atoms. The van der Waals surface area contributed by atoms with E-state index in [0.29, 0.717) is 13.1 Å². The number of hydrogen-bond donors (Lipinski definition) is 0. The molecule has 0 amide bonds. The summed E-state index contributed by atoms with van der Waals surface area (Å²) in [6.45, 7) is 1.27. The van der Waals surface area contributed by atoms with Crippen molar-refractivity contribution in [3.63, 3.8) is 0 Å². The number of nitrogens with zero attached hydrogens (tertiary/aromatic N) is 2. The Hall–Kier alpha value is -2.43. The lowest BCUT2D eigenvalue weighted by atomic mass is 10.1. The molecular formula is C18H18N2O2. The maximum atomic E-state index is 5.42. The van der Waals surface area contributed by atoms with Gasteiger partial charge in [0.15, 0.2) is 5.76 Å². The molecule has 4 heteroatoms. The molecule has 0 unspecified atom stereocenters. The summed E-state index contributed by atoms with van der Waals surface area (Å²) in [6, 6.07) is 22.1. The van der Waals surface area contributed by atoms with Gasteiger partial charge in [0.1, 0.15) is 5.69 Å². The highest BCUT2D eigenvalue weighted by atomic mass is 16.7. The average Bonchev–Trinajstić information content (AvgIpc) is 3.04. The maximum Gasteiger partial charge on any atom is 0.167 e. The second-order valence-electron chi connectivity index (χ2n) is 5.01. The third kappa shape index (κ3) is 3.61. The van der Waals surface area contributed by atoms with Crippen molar-refractivity contribution in [3.8, 4) is 11.3 Å². The van der Waals surface area contributed by atoms with Crippen LogP contribution in [0.1, 0.15) is 11.3 Å². The Morgan fingerprint density at radius 3 is 2.32 bits per heavy atom. The Kier molecular flexibility index (Phi) is 4.63. The fourth-order valence-electron chi connectivity index (χ4n) is 2.28. The summed E-state index contributed by atoms with van der Waals surface area (Å²) in [7, 11) is 1.67. The lowest BCUT2D eigenvalue weighted by Crippen LogP contribution is -2.21. The van der Waals surface area contributed by atoms with E-state index in [-0.39, 0.29) is 0 Å². The number of benzene rings is 2. The van der Waals surface area contributed by atoms with Crippen LogP contribution in [0.2, 0.25) is 0 Å². The molecule has 0 saturated carbocycles. The van der Waals surface area contributed by atoms with Crippen LogP contribution in [0, 0.1) is 0 Å². The molecular weight excluding hydrogens is 276 g/mol. The second kappa shape index (κ2) is 7.02. The third-order valence-electron chi connectivity index (χ3n) is 3.42. The van der Waals surface area contributed by atoms with Crippen molar-refractivity contribution in [2.45, 2.75) is 13.1 Å². The van der Waals surface area contributed by atoms with Crippen LogP contribution in [0.3, 0.4) is 0 Å². The smallest absolute Gasteiger partial charge is 0.167 e. The van der Waals surface area contributed by atoms with Gasteiger partial charge in [0.25, 0.3) is 0 Å². The first-order valence-corrected chi connectivity index (χ1v) is 7.19. The second-order valence-corrected chi connectivity index (χ2v) is 5.01. The van der Waals surface area contributed by atoms with Gasteiger partial charge in [-0.25, -0.2) is 0 Å². The molecule has 22 heavy (non-hydrogen) atoms. The standard InChI is InChI=1S/C18H18N2O2/c1-21-20(13-15-8-4-2-5-9-15)14-17-12-18(22-19-17)16-10-6-3-7-11-16/h2-12H,13-14H2,1H3. The van der Waals surface area contributed by atoms with Crippen LogP contribution in [-0.4, -0.2) is 17.3 Å². The van der Waals surface area contributed by atoms with E-state index in [1.807, 2.05) is 59.7 Å².